The van der Waals surface area contributed by atoms with Crippen molar-refractivity contribution in [3.05, 3.63) is 53.1 Å². The Morgan fingerprint density at radius 1 is 0.926 bits per heavy atom. The first kappa shape index (κ1) is 20.1. The van der Waals surface area contributed by atoms with E-state index in [0.717, 1.165) is 11.1 Å². The molecule has 27 heavy (non-hydrogen) atoms. The van der Waals surface area contributed by atoms with Gasteiger partial charge >= 0.3 is 5.97 Å². The number of benzene rings is 2. The van der Waals surface area contributed by atoms with Gasteiger partial charge in [0.05, 0.1) is 21.3 Å². The molecule has 0 aliphatic heterocycles. The van der Waals surface area contributed by atoms with Gasteiger partial charge < -0.3 is 24.3 Å². The average molecular weight is 373 g/mol. The molecule has 7 nitrogen and oxygen atoms in total. The van der Waals surface area contributed by atoms with E-state index < -0.39 is 11.9 Å². The predicted molar refractivity (Wildman–Crippen MR) is 99.4 cm³/mol. The minimum absolute atomic E-state index is 0.152. The maximum absolute atomic E-state index is 12.3. The van der Waals surface area contributed by atoms with E-state index in [0.29, 0.717) is 17.2 Å². The first-order valence-corrected chi connectivity index (χ1v) is 8.27. The van der Waals surface area contributed by atoms with Crippen LogP contribution < -0.4 is 19.5 Å². The number of hydrogen-bond acceptors (Lipinski definition) is 6. The summed E-state index contributed by atoms with van der Waals surface area (Å²) in [6.07, 6.45) is 0. The van der Waals surface area contributed by atoms with Crippen LogP contribution in [0.4, 0.5) is 0 Å². The van der Waals surface area contributed by atoms with E-state index in [1.165, 1.54) is 33.5 Å². The van der Waals surface area contributed by atoms with Gasteiger partial charge in [0.25, 0.3) is 5.91 Å². The molecule has 0 aliphatic carbocycles. The molecule has 2 aromatic carbocycles. The summed E-state index contributed by atoms with van der Waals surface area (Å²) in [4.78, 5) is 24.2. The van der Waals surface area contributed by atoms with Gasteiger partial charge in [0.1, 0.15) is 13.2 Å². The number of methoxy groups -OCH3 is 3. The van der Waals surface area contributed by atoms with E-state index in [1.807, 2.05) is 31.2 Å². The molecule has 0 bridgehead atoms. The molecule has 2 aromatic rings. The number of aryl methyl sites for hydroxylation is 1. The number of rotatable bonds is 8. The zero-order valence-corrected chi connectivity index (χ0v) is 15.8. The number of nitrogens with one attached hydrogen (secondary N) is 1. The molecule has 2 rings (SSSR count). The van der Waals surface area contributed by atoms with E-state index in [9.17, 15) is 9.59 Å². The maximum atomic E-state index is 12.3. The molecule has 0 heterocycles. The molecule has 0 atom stereocenters. The van der Waals surface area contributed by atoms with E-state index in [4.69, 9.17) is 18.9 Å². The van der Waals surface area contributed by atoms with Crippen molar-refractivity contribution in [1.82, 2.24) is 5.32 Å². The van der Waals surface area contributed by atoms with Crippen LogP contribution in [0.25, 0.3) is 0 Å². The Labute approximate surface area is 158 Å². The highest BCUT2D eigenvalue weighted by molar-refractivity contribution is 5.97. The van der Waals surface area contributed by atoms with Crippen LogP contribution in [0.2, 0.25) is 0 Å². The van der Waals surface area contributed by atoms with Crippen molar-refractivity contribution in [3.8, 4) is 17.2 Å². The van der Waals surface area contributed by atoms with Crippen molar-refractivity contribution < 1.29 is 28.5 Å². The van der Waals surface area contributed by atoms with Crippen molar-refractivity contribution in [2.75, 3.05) is 27.9 Å². The molecule has 1 N–H and O–H groups in total. The highest BCUT2D eigenvalue weighted by Crippen LogP contribution is 2.38. The van der Waals surface area contributed by atoms with Gasteiger partial charge in [0, 0.05) is 5.56 Å². The zero-order chi connectivity index (χ0) is 19.8. The van der Waals surface area contributed by atoms with Crippen molar-refractivity contribution >= 4 is 11.9 Å². The summed E-state index contributed by atoms with van der Waals surface area (Å²) < 4.78 is 20.8. The van der Waals surface area contributed by atoms with Crippen LogP contribution in [0.5, 0.6) is 17.2 Å². The summed E-state index contributed by atoms with van der Waals surface area (Å²) in [6, 6.07) is 10.7. The van der Waals surface area contributed by atoms with Gasteiger partial charge in [-0.3, -0.25) is 9.59 Å². The maximum Gasteiger partial charge on any atom is 0.325 e. The standard InChI is InChI=1S/C20H23NO6/c1-13-5-7-14(8-6-13)12-27-18(22)11-21-20(23)15-9-16(24-2)19(26-4)17(10-15)25-3/h5-10H,11-12H2,1-4H3,(H,21,23). The molecule has 144 valence electrons. The molecular formula is C20H23NO6. The SMILES string of the molecule is COc1cc(C(=O)NCC(=O)OCc2ccc(C)cc2)cc(OC)c1OC. The van der Waals surface area contributed by atoms with Crippen LogP contribution in [0.1, 0.15) is 21.5 Å². The number of carbonyl (C=O) groups is 2. The van der Waals surface area contributed by atoms with Crippen LogP contribution in [0.15, 0.2) is 36.4 Å². The van der Waals surface area contributed by atoms with Crippen LogP contribution in [-0.2, 0) is 16.1 Å². The molecule has 0 radical (unpaired) electrons. The largest absolute Gasteiger partial charge is 0.493 e. The Hall–Kier alpha value is -3.22. The van der Waals surface area contributed by atoms with E-state index >= 15 is 0 Å². The summed E-state index contributed by atoms with van der Waals surface area (Å²) in [5.74, 6) is 0.0971. The number of hydrogen-bond donors (Lipinski definition) is 1. The minimum Gasteiger partial charge on any atom is -0.493 e. The first-order chi connectivity index (χ1) is 13.0. The third-order valence-corrected chi connectivity index (χ3v) is 3.84. The molecule has 0 spiro atoms. The Bertz CT molecular complexity index is 776. The van der Waals surface area contributed by atoms with E-state index in [-0.39, 0.29) is 18.7 Å². The highest BCUT2D eigenvalue weighted by Gasteiger charge is 2.17. The van der Waals surface area contributed by atoms with Crippen molar-refractivity contribution in [1.29, 1.82) is 0 Å². The summed E-state index contributed by atoms with van der Waals surface area (Å²) in [5, 5.41) is 2.52. The molecular weight excluding hydrogens is 350 g/mol. The van der Waals surface area contributed by atoms with Gasteiger partial charge in [-0.25, -0.2) is 0 Å². The first-order valence-electron chi connectivity index (χ1n) is 8.27. The lowest BCUT2D eigenvalue weighted by Crippen LogP contribution is -2.30. The van der Waals surface area contributed by atoms with Gasteiger partial charge in [-0.05, 0) is 24.6 Å². The Morgan fingerprint density at radius 2 is 1.52 bits per heavy atom. The molecule has 0 saturated heterocycles. The lowest BCUT2D eigenvalue weighted by atomic mass is 10.1. The monoisotopic (exact) mass is 373 g/mol. The van der Waals surface area contributed by atoms with Crippen molar-refractivity contribution in [2.45, 2.75) is 13.5 Å². The van der Waals surface area contributed by atoms with Crippen molar-refractivity contribution in [3.63, 3.8) is 0 Å². The quantitative estimate of drug-likeness (QED) is 0.716. The molecule has 0 saturated carbocycles. The fourth-order valence-electron chi connectivity index (χ4n) is 2.37. The molecule has 1 amide bonds. The number of ether oxygens (including phenoxy) is 4. The smallest absolute Gasteiger partial charge is 0.325 e. The predicted octanol–water partition coefficient (Wildman–Crippen LogP) is 2.49. The topological polar surface area (TPSA) is 83.1 Å². The molecule has 7 heteroatoms. The average Bonchev–Trinajstić information content (AvgIpc) is 2.70. The number of carbonyl (C=O) groups excluding carboxylic acids is 2. The van der Waals surface area contributed by atoms with Gasteiger partial charge in [-0.15, -0.1) is 0 Å². The van der Waals surface area contributed by atoms with E-state index in [1.54, 1.807) is 0 Å². The van der Waals surface area contributed by atoms with Crippen LogP contribution in [0, 0.1) is 6.92 Å². The second kappa shape index (κ2) is 9.47. The lowest BCUT2D eigenvalue weighted by molar-refractivity contribution is -0.143. The Morgan fingerprint density at radius 3 is 2.04 bits per heavy atom. The third-order valence-electron chi connectivity index (χ3n) is 3.84. The minimum atomic E-state index is -0.531. The second-order valence-corrected chi connectivity index (χ2v) is 5.74. The highest BCUT2D eigenvalue weighted by atomic mass is 16.5. The summed E-state index contributed by atoms with van der Waals surface area (Å²) in [5.41, 5.74) is 2.28. The second-order valence-electron chi connectivity index (χ2n) is 5.74. The molecule has 0 aromatic heterocycles. The van der Waals surface area contributed by atoms with Gasteiger partial charge in [-0.1, -0.05) is 29.8 Å². The fraction of sp³-hybridized carbons (Fsp3) is 0.300. The van der Waals surface area contributed by atoms with Gasteiger partial charge in [-0.2, -0.15) is 0 Å². The third kappa shape index (κ3) is 5.37. The molecule has 0 unspecified atom stereocenters. The van der Waals surface area contributed by atoms with E-state index in [2.05, 4.69) is 5.32 Å². The number of amides is 1. The van der Waals surface area contributed by atoms with Crippen LogP contribution in [-0.4, -0.2) is 39.8 Å². The van der Waals surface area contributed by atoms with Gasteiger partial charge in [0.15, 0.2) is 11.5 Å². The molecule has 0 fully saturated rings. The number of esters is 1. The summed E-state index contributed by atoms with van der Waals surface area (Å²) >= 11 is 0. The molecule has 0 aliphatic rings. The normalized spacial score (nSPS) is 10.1. The zero-order valence-electron chi connectivity index (χ0n) is 15.8. The van der Waals surface area contributed by atoms with Gasteiger partial charge in [0.2, 0.25) is 5.75 Å². The van der Waals surface area contributed by atoms with Crippen LogP contribution in [0.3, 0.4) is 0 Å². The summed E-state index contributed by atoms with van der Waals surface area (Å²) in [6.45, 7) is 1.88. The lowest BCUT2D eigenvalue weighted by Gasteiger charge is -2.14. The fourth-order valence-corrected chi connectivity index (χ4v) is 2.37. The van der Waals surface area contributed by atoms with Crippen molar-refractivity contribution in [2.24, 2.45) is 0 Å². The Kier molecular flexibility index (Phi) is 7.05. The Balaban J connectivity index is 1.94. The van der Waals surface area contributed by atoms with Crippen LogP contribution >= 0.6 is 0 Å². The summed E-state index contributed by atoms with van der Waals surface area (Å²) in [7, 11) is 4.40.